The van der Waals surface area contributed by atoms with Crippen LogP contribution >= 0.6 is 0 Å². The number of Topliss-reactive ketones (excluding diaryl/α,β-unsaturated/α-hetero) is 1. The van der Waals surface area contributed by atoms with E-state index in [1.54, 1.807) is 24.3 Å². The summed E-state index contributed by atoms with van der Waals surface area (Å²) in [5.41, 5.74) is 0.488. The fraction of sp³-hybridized carbons (Fsp3) is 0.300. The molecule has 2 aromatic carbocycles. The molecule has 154 valence electrons. The molecule has 0 aliphatic carbocycles. The van der Waals surface area contributed by atoms with Crippen LogP contribution in [0.15, 0.2) is 53.4 Å². The summed E-state index contributed by atoms with van der Waals surface area (Å²) in [6.07, 6.45) is 0. The molecule has 7 nitrogen and oxygen atoms in total. The van der Waals surface area contributed by atoms with Gasteiger partial charge in [0.15, 0.2) is 12.4 Å². The third-order valence-electron chi connectivity index (χ3n) is 4.65. The van der Waals surface area contributed by atoms with Crippen LogP contribution in [0.4, 0.5) is 4.39 Å². The Kier molecular flexibility index (Phi) is 6.29. The zero-order valence-electron chi connectivity index (χ0n) is 15.9. The van der Waals surface area contributed by atoms with Gasteiger partial charge in [0.2, 0.25) is 10.0 Å². The van der Waals surface area contributed by atoms with E-state index in [0.29, 0.717) is 11.3 Å². The molecule has 9 heteroatoms. The zero-order chi connectivity index (χ0) is 21.0. The minimum atomic E-state index is -3.95. The summed E-state index contributed by atoms with van der Waals surface area (Å²) in [6.45, 7) is 1.73. The Balaban J connectivity index is 1.56. The Hall–Kier alpha value is -2.78. The summed E-state index contributed by atoms with van der Waals surface area (Å²) < 4.78 is 45.7. The van der Waals surface area contributed by atoms with Crippen LogP contribution in [0.5, 0.6) is 5.75 Å². The van der Waals surface area contributed by atoms with Crippen LogP contribution in [-0.4, -0.2) is 62.1 Å². The molecule has 0 spiro atoms. The van der Waals surface area contributed by atoms with E-state index in [4.69, 9.17) is 4.74 Å². The predicted molar refractivity (Wildman–Crippen MR) is 104 cm³/mol. The Morgan fingerprint density at radius 2 is 1.72 bits per heavy atom. The lowest BCUT2D eigenvalue weighted by Crippen LogP contribution is -2.51. The number of rotatable bonds is 6. The van der Waals surface area contributed by atoms with E-state index < -0.39 is 15.8 Å². The maximum Gasteiger partial charge on any atom is 0.260 e. The van der Waals surface area contributed by atoms with Crippen LogP contribution in [0.1, 0.15) is 17.3 Å². The summed E-state index contributed by atoms with van der Waals surface area (Å²) in [7, 11) is -3.95. The van der Waals surface area contributed by atoms with Gasteiger partial charge >= 0.3 is 0 Å². The molecule has 29 heavy (non-hydrogen) atoms. The van der Waals surface area contributed by atoms with E-state index >= 15 is 0 Å². The first-order chi connectivity index (χ1) is 13.8. The van der Waals surface area contributed by atoms with Crippen molar-refractivity contribution < 1.29 is 27.1 Å². The van der Waals surface area contributed by atoms with Gasteiger partial charge in [-0.25, -0.2) is 12.8 Å². The van der Waals surface area contributed by atoms with Crippen molar-refractivity contribution in [3.05, 3.63) is 59.9 Å². The van der Waals surface area contributed by atoms with Crippen molar-refractivity contribution >= 4 is 21.7 Å². The summed E-state index contributed by atoms with van der Waals surface area (Å²) in [4.78, 5) is 24.9. The number of carbonyl (C=O) groups is 2. The van der Waals surface area contributed by atoms with Gasteiger partial charge in [-0.2, -0.15) is 4.31 Å². The number of hydrogen-bond donors (Lipinski definition) is 0. The SMILES string of the molecule is CC(=O)c1cccc(OCC(=O)N2CCN(S(=O)(=O)c3ccccc3F)CC2)c1. The van der Waals surface area contributed by atoms with E-state index in [1.165, 1.54) is 34.3 Å². The molecule has 0 unspecified atom stereocenters. The molecule has 0 atom stereocenters. The molecule has 1 aliphatic heterocycles. The zero-order valence-corrected chi connectivity index (χ0v) is 16.7. The minimum absolute atomic E-state index is 0.0717. The summed E-state index contributed by atoms with van der Waals surface area (Å²) in [6, 6.07) is 11.8. The first-order valence-electron chi connectivity index (χ1n) is 9.05. The molecule has 1 amide bonds. The molecule has 1 heterocycles. The first kappa shape index (κ1) is 20.9. The summed E-state index contributed by atoms with van der Waals surface area (Å²) in [5.74, 6) is -0.783. The largest absolute Gasteiger partial charge is 0.484 e. The van der Waals surface area contributed by atoms with Crippen molar-refractivity contribution in [2.24, 2.45) is 0 Å². The van der Waals surface area contributed by atoms with Gasteiger partial charge in [0.05, 0.1) is 0 Å². The van der Waals surface area contributed by atoms with Crippen LogP contribution in [0, 0.1) is 5.82 Å². The monoisotopic (exact) mass is 420 g/mol. The highest BCUT2D eigenvalue weighted by atomic mass is 32.2. The molecule has 0 radical (unpaired) electrons. The van der Waals surface area contributed by atoms with Crippen molar-refractivity contribution in [2.45, 2.75) is 11.8 Å². The molecule has 1 saturated heterocycles. The second kappa shape index (κ2) is 8.71. The summed E-state index contributed by atoms with van der Waals surface area (Å²) >= 11 is 0. The van der Waals surface area contributed by atoms with Crippen LogP contribution in [0.2, 0.25) is 0 Å². The Bertz CT molecular complexity index is 1020. The number of ketones is 1. The van der Waals surface area contributed by atoms with Gasteiger partial charge in [0, 0.05) is 31.7 Å². The molecular formula is C20H21FN2O5S. The maximum absolute atomic E-state index is 13.9. The van der Waals surface area contributed by atoms with Gasteiger partial charge in [0.1, 0.15) is 16.5 Å². The molecule has 0 aromatic heterocycles. The van der Waals surface area contributed by atoms with Crippen molar-refractivity contribution in [1.82, 2.24) is 9.21 Å². The lowest BCUT2D eigenvalue weighted by atomic mass is 10.1. The van der Waals surface area contributed by atoms with Gasteiger partial charge in [-0.1, -0.05) is 24.3 Å². The second-order valence-electron chi connectivity index (χ2n) is 6.59. The number of piperazine rings is 1. The smallest absolute Gasteiger partial charge is 0.260 e. The van der Waals surface area contributed by atoms with Crippen LogP contribution < -0.4 is 4.74 Å². The predicted octanol–water partition coefficient (Wildman–Crippen LogP) is 1.94. The van der Waals surface area contributed by atoms with Crippen LogP contribution in [0.3, 0.4) is 0 Å². The number of nitrogens with zero attached hydrogens (tertiary/aromatic N) is 2. The highest BCUT2D eigenvalue weighted by Gasteiger charge is 2.31. The fourth-order valence-corrected chi connectivity index (χ4v) is 4.50. The van der Waals surface area contributed by atoms with Crippen molar-refractivity contribution in [3.63, 3.8) is 0 Å². The van der Waals surface area contributed by atoms with Crippen molar-refractivity contribution in [3.8, 4) is 5.75 Å². The fourth-order valence-electron chi connectivity index (χ4n) is 3.01. The van der Waals surface area contributed by atoms with Crippen molar-refractivity contribution in [1.29, 1.82) is 0 Å². The Morgan fingerprint density at radius 1 is 1.03 bits per heavy atom. The topological polar surface area (TPSA) is 84.0 Å². The van der Waals surface area contributed by atoms with E-state index in [9.17, 15) is 22.4 Å². The number of carbonyl (C=O) groups excluding carboxylic acids is 2. The third-order valence-corrected chi connectivity index (χ3v) is 6.58. The lowest BCUT2D eigenvalue weighted by Gasteiger charge is -2.34. The number of amides is 1. The van der Waals surface area contributed by atoms with E-state index in [1.807, 2.05) is 0 Å². The minimum Gasteiger partial charge on any atom is -0.484 e. The van der Waals surface area contributed by atoms with Gasteiger partial charge in [-0.15, -0.1) is 0 Å². The molecule has 1 aliphatic rings. The molecule has 3 rings (SSSR count). The highest BCUT2D eigenvalue weighted by Crippen LogP contribution is 2.20. The molecule has 0 bridgehead atoms. The average Bonchev–Trinajstić information content (AvgIpc) is 2.72. The highest BCUT2D eigenvalue weighted by molar-refractivity contribution is 7.89. The van der Waals surface area contributed by atoms with Crippen LogP contribution in [-0.2, 0) is 14.8 Å². The number of hydrogen-bond acceptors (Lipinski definition) is 5. The Labute approximate surface area is 168 Å². The molecule has 0 saturated carbocycles. The van der Waals surface area contributed by atoms with Gasteiger partial charge < -0.3 is 9.64 Å². The van der Waals surface area contributed by atoms with E-state index in [2.05, 4.69) is 0 Å². The van der Waals surface area contributed by atoms with Gasteiger partial charge in [0.25, 0.3) is 5.91 Å². The molecule has 1 fully saturated rings. The summed E-state index contributed by atoms with van der Waals surface area (Å²) in [5, 5.41) is 0. The second-order valence-corrected chi connectivity index (χ2v) is 8.49. The number of sulfonamides is 1. The van der Waals surface area contributed by atoms with E-state index in [-0.39, 0.29) is 49.4 Å². The number of halogens is 1. The standard InChI is InChI=1S/C20H21FN2O5S/c1-15(24)16-5-4-6-17(13-16)28-14-20(25)22-9-11-23(12-10-22)29(26,27)19-8-3-2-7-18(19)21/h2-8,13H,9-12,14H2,1H3. The maximum atomic E-state index is 13.9. The molecule has 0 N–H and O–H groups in total. The Morgan fingerprint density at radius 3 is 2.38 bits per heavy atom. The number of benzene rings is 2. The quantitative estimate of drug-likeness (QED) is 0.667. The molecular weight excluding hydrogens is 399 g/mol. The van der Waals surface area contributed by atoms with Gasteiger partial charge in [-0.3, -0.25) is 9.59 Å². The van der Waals surface area contributed by atoms with Gasteiger partial charge in [-0.05, 0) is 31.2 Å². The molecule has 2 aromatic rings. The third kappa shape index (κ3) is 4.80. The average molecular weight is 420 g/mol. The van der Waals surface area contributed by atoms with Crippen LogP contribution in [0.25, 0.3) is 0 Å². The lowest BCUT2D eigenvalue weighted by molar-refractivity contribution is -0.134. The van der Waals surface area contributed by atoms with E-state index in [0.717, 1.165) is 6.07 Å². The first-order valence-corrected chi connectivity index (χ1v) is 10.5. The normalized spacial score (nSPS) is 15.2. The van der Waals surface area contributed by atoms with Crippen molar-refractivity contribution in [2.75, 3.05) is 32.8 Å². The number of ether oxygens (including phenoxy) is 1.